The van der Waals surface area contributed by atoms with Gasteiger partial charge in [-0.1, -0.05) is 0 Å². The first-order valence-corrected chi connectivity index (χ1v) is 8.70. The van der Waals surface area contributed by atoms with E-state index in [1.54, 1.807) is 12.1 Å². The highest BCUT2D eigenvalue weighted by molar-refractivity contribution is 5.96. The Hall–Kier alpha value is -2.42. The molecule has 2 saturated heterocycles. The maximum absolute atomic E-state index is 12.8. The van der Waals surface area contributed by atoms with Gasteiger partial charge in [-0.15, -0.1) is 0 Å². The third-order valence-electron chi connectivity index (χ3n) is 4.85. The van der Waals surface area contributed by atoms with E-state index in [9.17, 15) is 9.59 Å². The maximum atomic E-state index is 12.8. The lowest BCUT2D eigenvalue weighted by molar-refractivity contribution is 0.00251. The van der Waals surface area contributed by atoms with Gasteiger partial charge in [-0.05, 0) is 58.6 Å². The Morgan fingerprint density at radius 1 is 1.28 bits per heavy atom. The minimum atomic E-state index is -0.523. The molecule has 1 amide bonds. The van der Waals surface area contributed by atoms with Gasteiger partial charge in [0.25, 0.3) is 0 Å². The number of hydrogen-bond donors (Lipinski definition) is 0. The number of fused-ring (bicyclic) bond motifs is 2. The highest BCUT2D eigenvalue weighted by atomic mass is 16.6. The van der Waals surface area contributed by atoms with E-state index < -0.39 is 5.60 Å². The number of ketones is 1. The third kappa shape index (κ3) is 3.65. The van der Waals surface area contributed by atoms with Crippen LogP contribution in [0.1, 0.15) is 62.5 Å². The molecule has 2 aliphatic heterocycles. The minimum Gasteiger partial charge on any atom is -0.444 e. The van der Waals surface area contributed by atoms with Crippen LogP contribution in [0.2, 0.25) is 0 Å². The zero-order chi connectivity index (χ0) is 18.2. The average molecular weight is 341 g/mol. The zero-order valence-electron chi connectivity index (χ0n) is 14.9. The minimum absolute atomic E-state index is 0.0298. The molecule has 0 radical (unpaired) electrons. The summed E-state index contributed by atoms with van der Waals surface area (Å²) in [6.45, 7) is 5.57. The molecule has 0 N–H and O–H groups in total. The van der Waals surface area contributed by atoms with Gasteiger partial charge in [0.15, 0.2) is 5.78 Å². The van der Waals surface area contributed by atoms with E-state index in [1.165, 1.54) is 6.20 Å². The lowest BCUT2D eigenvalue weighted by Crippen LogP contribution is -2.49. The van der Waals surface area contributed by atoms with E-state index in [0.717, 1.165) is 12.8 Å². The molecule has 6 nitrogen and oxygen atoms in total. The Balaban J connectivity index is 1.72. The van der Waals surface area contributed by atoms with Crippen molar-refractivity contribution in [2.75, 3.05) is 0 Å². The molecule has 0 saturated carbocycles. The van der Waals surface area contributed by atoms with Gasteiger partial charge >= 0.3 is 6.09 Å². The fourth-order valence-corrected chi connectivity index (χ4v) is 3.85. The first-order valence-electron chi connectivity index (χ1n) is 8.70. The molecule has 132 valence electrons. The van der Waals surface area contributed by atoms with Crippen LogP contribution in [-0.2, 0) is 4.74 Å². The molecule has 3 rings (SSSR count). The first-order chi connectivity index (χ1) is 11.8. The molecule has 2 atom stereocenters. The van der Waals surface area contributed by atoms with Crippen molar-refractivity contribution in [1.82, 2.24) is 9.88 Å². The summed E-state index contributed by atoms with van der Waals surface area (Å²) in [5.41, 5.74) is 0.256. The smallest absolute Gasteiger partial charge is 0.410 e. The van der Waals surface area contributed by atoms with Gasteiger partial charge in [0.05, 0.1) is 11.6 Å². The standard InChI is InChI=1S/C19H23N3O3/c1-19(2,3)25-18(24)22-14-4-5-15(22)10-13(9-14)17(23)16-8-12(11-20)6-7-21-16/h6-8,13-15H,4-5,9-10H2,1-3H3. The van der Waals surface area contributed by atoms with Crippen LogP contribution in [0.5, 0.6) is 0 Å². The number of carbonyl (C=O) groups is 2. The highest BCUT2D eigenvalue weighted by Crippen LogP contribution is 2.40. The normalized spacial score (nSPS) is 25.4. The number of nitriles is 1. The van der Waals surface area contributed by atoms with Crippen LogP contribution in [0.3, 0.4) is 0 Å². The average Bonchev–Trinajstić information content (AvgIpc) is 2.83. The topological polar surface area (TPSA) is 83.3 Å². The molecular formula is C19H23N3O3. The van der Waals surface area contributed by atoms with Gasteiger partial charge < -0.3 is 9.64 Å². The summed E-state index contributed by atoms with van der Waals surface area (Å²) in [4.78, 5) is 31.2. The fraction of sp³-hybridized carbons (Fsp3) is 0.579. The molecule has 1 aromatic rings. The van der Waals surface area contributed by atoms with Gasteiger partial charge in [0.1, 0.15) is 11.3 Å². The van der Waals surface area contributed by atoms with E-state index in [2.05, 4.69) is 4.98 Å². The van der Waals surface area contributed by atoms with Crippen LogP contribution in [0.4, 0.5) is 4.79 Å². The lowest BCUT2D eigenvalue weighted by atomic mass is 9.86. The van der Waals surface area contributed by atoms with E-state index in [0.29, 0.717) is 24.1 Å². The molecule has 2 bridgehead atoms. The summed E-state index contributed by atoms with van der Waals surface area (Å²) in [6, 6.07) is 5.26. The Morgan fingerprint density at radius 3 is 2.48 bits per heavy atom. The molecule has 2 fully saturated rings. The predicted molar refractivity (Wildman–Crippen MR) is 90.9 cm³/mol. The van der Waals surface area contributed by atoms with Crippen LogP contribution >= 0.6 is 0 Å². The van der Waals surface area contributed by atoms with Gasteiger partial charge in [0, 0.05) is 24.2 Å². The molecule has 1 aromatic heterocycles. The van der Waals surface area contributed by atoms with Crippen molar-refractivity contribution in [1.29, 1.82) is 5.26 Å². The monoisotopic (exact) mass is 341 g/mol. The van der Waals surface area contributed by atoms with Crippen molar-refractivity contribution in [3.05, 3.63) is 29.6 Å². The molecule has 0 aliphatic carbocycles. The Bertz CT molecular complexity index is 718. The maximum Gasteiger partial charge on any atom is 0.410 e. The number of carbonyl (C=O) groups excluding carboxylic acids is 2. The van der Waals surface area contributed by atoms with Crippen molar-refractivity contribution in [2.24, 2.45) is 5.92 Å². The van der Waals surface area contributed by atoms with Crippen molar-refractivity contribution in [3.8, 4) is 6.07 Å². The number of rotatable bonds is 2. The van der Waals surface area contributed by atoms with Gasteiger partial charge in [-0.3, -0.25) is 9.78 Å². The molecule has 6 heteroatoms. The predicted octanol–water partition coefficient (Wildman–Crippen LogP) is 3.31. The van der Waals surface area contributed by atoms with E-state index >= 15 is 0 Å². The van der Waals surface area contributed by atoms with E-state index in [4.69, 9.17) is 10.00 Å². The number of aromatic nitrogens is 1. The Labute approximate surface area is 147 Å². The van der Waals surface area contributed by atoms with Gasteiger partial charge in [0.2, 0.25) is 0 Å². The number of nitrogens with zero attached hydrogens (tertiary/aromatic N) is 3. The largest absolute Gasteiger partial charge is 0.444 e. The second-order valence-electron chi connectivity index (χ2n) is 7.85. The van der Waals surface area contributed by atoms with E-state index in [1.807, 2.05) is 31.7 Å². The number of pyridine rings is 1. The molecular weight excluding hydrogens is 318 g/mol. The van der Waals surface area contributed by atoms with Crippen LogP contribution < -0.4 is 0 Å². The molecule has 0 spiro atoms. The van der Waals surface area contributed by atoms with Crippen LogP contribution in [0.25, 0.3) is 0 Å². The SMILES string of the molecule is CC(C)(C)OC(=O)N1C2CCC1CC(C(=O)c1cc(C#N)ccn1)C2. The Morgan fingerprint density at radius 2 is 1.92 bits per heavy atom. The zero-order valence-corrected chi connectivity index (χ0v) is 14.9. The van der Waals surface area contributed by atoms with E-state index in [-0.39, 0.29) is 29.9 Å². The summed E-state index contributed by atoms with van der Waals surface area (Å²) in [5.74, 6) is -0.185. The van der Waals surface area contributed by atoms with Gasteiger partial charge in [-0.25, -0.2) is 4.79 Å². The molecule has 25 heavy (non-hydrogen) atoms. The number of Topliss-reactive ketones (excluding diaryl/α,β-unsaturated/α-hetero) is 1. The van der Waals surface area contributed by atoms with Crippen molar-refractivity contribution in [3.63, 3.8) is 0 Å². The summed E-state index contributed by atoms with van der Waals surface area (Å²) in [6.07, 6.45) is 4.28. The molecule has 3 heterocycles. The summed E-state index contributed by atoms with van der Waals surface area (Å²) in [5, 5.41) is 8.99. The second kappa shape index (κ2) is 6.47. The number of hydrogen-bond acceptors (Lipinski definition) is 5. The fourth-order valence-electron chi connectivity index (χ4n) is 3.85. The van der Waals surface area contributed by atoms with Gasteiger partial charge in [-0.2, -0.15) is 5.26 Å². The number of ether oxygens (including phenoxy) is 1. The number of piperidine rings is 1. The molecule has 2 unspecified atom stereocenters. The highest BCUT2D eigenvalue weighted by Gasteiger charge is 2.46. The molecule has 0 aromatic carbocycles. The summed E-state index contributed by atoms with van der Waals surface area (Å²) in [7, 11) is 0. The van der Waals surface area contributed by atoms with Crippen LogP contribution in [-0.4, -0.2) is 39.4 Å². The number of amides is 1. The molecule has 2 aliphatic rings. The second-order valence-corrected chi connectivity index (χ2v) is 7.85. The van der Waals surface area contributed by atoms with Crippen molar-refractivity contribution < 1.29 is 14.3 Å². The quantitative estimate of drug-likeness (QED) is 0.771. The third-order valence-corrected chi connectivity index (χ3v) is 4.85. The lowest BCUT2D eigenvalue weighted by Gasteiger charge is -2.38. The Kier molecular flexibility index (Phi) is 4.51. The van der Waals surface area contributed by atoms with Crippen LogP contribution in [0.15, 0.2) is 18.3 Å². The van der Waals surface area contributed by atoms with Crippen molar-refractivity contribution in [2.45, 2.75) is 64.1 Å². The summed E-state index contributed by atoms with van der Waals surface area (Å²) < 4.78 is 5.52. The van der Waals surface area contributed by atoms with Crippen molar-refractivity contribution >= 4 is 11.9 Å². The van der Waals surface area contributed by atoms with Crippen LogP contribution in [0, 0.1) is 17.2 Å². The summed E-state index contributed by atoms with van der Waals surface area (Å²) >= 11 is 0. The first kappa shape index (κ1) is 17.4.